The minimum atomic E-state index is -0.551. The maximum absolute atomic E-state index is 13.5. The number of benzene rings is 3. The number of ether oxygens (including phenoxy) is 2. The Hall–Kier alpha value is -2.84. The molecule has 0 atom stereocenters. The molecule has 4 rings (SSSR count). The molecule has 10 heteroatoms. The van der Waals surface area contributed by atoms with Gasteiger partial charge in [0.25, 0.3) is 11.8 Å². The highest BCUT2D eigenvalue weighted by molar-refractivity contribution is 8.04. The van der Waals surface area contributed by atoms with Crippen LogP contribution >= 0.6 is 46.6 Å². The van der Waals surface area contributed by atoms with Crippen LogP contribution in [0.5, 0.6) is 11.5 Å². The Morgan fingerprint density at radius 3 is 2.21 bits per heavy atom. The number of carbonyl (C=O) groups excluding carboxylic acids is 2. The minimum Gasteiger partial charge on any atom is -0.497 e. The van der Waals surface area contributed by atoms with Crippen LogP contribution in [0.25, 0.3) is 0 Å². The third-order valence-corrected chi connectivity index (χ3v) is 6.98. The van der Waals surface area contributed by atoms with Gasteiger partial charge in [-0.05, 0) is 54.6 Å². The van der Waals surface area contributed by atoms with Crippen molar-refractivity contribution in [2.75, 3.05) is 24.4 Å². The molecule has 0 unspecified atom stereocenters. The predicted molar refractivity (Wildman–Crippen MR) is 136 cm³/mol. The molecule has 0 saturated heterocycles. The van der Waals surface area contributed by atoms with Gasteiger partial charge in [-0.15, -0.1) is 0 Å². The average molecular weight is 536 g/mol. The number of amides is 2. The van der Waals surface area contributed by atoms with Gasteiger partial charge < -0.3 is 14.8 Å². The SMILES string of the molecule is COc1ccc(OC)c(NC2=C(Sc3ccc(Cl)cc3)C(=O)N(c3ccc(Cl)c(Cl)c3)C2=O)c1. The summed E-state index contributed by atoms with van der Waals surface area (Å²) in [7, 11) is 3.04. The quantitative estimate of drug-likeness (QED) is 0.342. The largest absolute Gasteiger partial charge is 0.497 e. The van der Waals surface area contributed by atoms with Crippen molar-refractivity contribution in [1.82, 2.24) is 0 Å². The molecule has 2 amide bonds. The van der Waals surface area contributed by atoms with E-state index in [1.54, 1.807) is 48.5 Å². The number of nitrogens with zero attached hydrogens (tertiary/aromatic N) is 1. The Labute approximate surface area is 215 Å². The highest BCUT2D eigenvalue weighted by atomic mass is 35.5. The molecule has 34 heavy (non-hydrogen) atoms. The summed E-state index contributed by atoms with van der Waals surface area (Å²) in [5, 5.41) is 4.18. The van der Waals surface area contributed by atoms with Gasteiger partial charge in [0, 0.05) is 16.0 Å². The summed E-state index contributed by atoms with van der Waals surface area (Å²) in [5.74, 6) is -0.0382. The van der Waals surface area contributed by atoms with Crippen LogP contribution in [0, 0.1) is 0 Å². The van der Waals surface area contributed by atoms with Crippen molar-refractivity contribution in [3.63, 3.8) is 0 Å². The highest BCUT2D eigenvalue weighted by Crippen LogP contribution is 2.40. The Morgan fingerprint density at radius 1 is 0.824 bits per heavy atom. The minimum absolute atomic E-state index is 0.0857. The molecular formula is C24H17Cl3N2O4S. The lowest BCUT2D eigenvalue weighted by Gasteiger charge is -2.16. The van der Waals surface area contributed by atoms with Crippen LogP contribution in [-0.2, 0) is 9.59 Å². The number of methoxy groups -OCH3 is 2. The molecule has 1 aliphatic rings. The average Bonchev–Trinajstić information content (AvgIpc) is 3.06. The fraction of sp³-hybridized carbons (Fsp3) is 0.0833. The van der Waals surface area contributed by atoms with E-state index in [4.69, 9.17) is 44.3 Å². The zero-order valence-electron chi connectivity index (χ0n) is 17.9. The summed E-state index contributed by atoms with van der Waals surface area (Å²) < 4.78 is 10.7. The van der Waals surface area contributed by atoms with Crippen molar-refractivity contribution in [2.45, 2.75) is 4.90 Å². The lowest BCUT2D eigenvalue weighted by molar-refractivity contribution is -0.120. The first-order valence-electron chi connectivity index (χ1n) is 9.83. The van der Waals surface area contributed by atoms with Crippen LogP contribution in [0.1, 0.15) is 0 Å². The van der Waals surface area contributed by atoms with E-state index in [0.717, 1.165) is 21.6 Å². The first kappa shape index (κ1) is 24.3. The molecule has 1 aliphatic heterocycles. The van der Waals surface area contributed by atoms with Crippen molar-refractivity contribution in [2.24, 2.45) is 0 Å². The maximum atomic E-state index is 13.5. The lowest BCUT2D eigenvalue weighted by atomic mass is 10.2. The van der Waals surface area contributed by atoms with Crippen molar-refractivity contribution in [1.29, 1.82) is 0 Å². The molecule has 1 N–H and O–H groups in total. The van der Waals surface area contributed by atoms with E-state index in [1.165, 1.54) is 26.4 Å². The van der Waals surface area contributed by atoms with Gasteiger partial charge in [0.15, 0.2) is 0 Å². The summed E-state index contributed by atoms with van der Waals surface area (Å²) in [6.07, 6.45) is 0. The van der Waals surface area contributed by atoms with E-state index in [9.17, 15) is 9.59 Å². The smallest absolute Gasteiger partial charge is 0.283 e. The summed E-state index contributed by atoms with van der Waals surface area (Å²) in [6, 6.07) is 16.6. The molecule has 3 aromatic rings. The number of carbonyl (C=O) groups is 2. The normalized spacial score (nSPS) is 13.5. The number of anilines is 2. The van der Waals surface area contributed by atoms with E-state index in [-0.39, 0.29) is 15.6 Å². The van der Waals surface area contributed by atoms with Crippen molar-refractivity contribution >= 4 is 69.8 Å². The van der Waals surface area contributed by atoms with Gasteiger partial charge in [-0.25, -0.2) is 4.90 Å². The molecule has 0 spiro atoms. The molecule has 6 nitrogen and oxygen atoms in total. The summed E-state index contributed by atoms with van der Waals surface area (Å²) in [4.78, 5) is 29.0. The Bertz CT molecular complexity index is 1310. The van der Waals surface area contributed by atoms with E-state index in [2.05, 4.69) is 5.32 Å². The second-order valence-electron chi connectivity index (χ2n) is 7.00. The number of thioether (sulfide) groups is 1. The highest BCUT2D eigenvalue weighted by Gasteiger charge is 2.40. The summed E-state index contributed by atoms with van der Waals surface area (Å²) in [6.45, 7) is 0. The van der Waals surface area contributed by atoms with Gasteiger partial charge in [0.05, 0.1) is 35.6 Å². The van der Waals surface area contributed by atoms with Gasteiger partial charge in [-0.2, -0.15) is 0 Å². The van der Waals surface area contributed by atoms with Crippen LogP contribution in [0.15, 0.2) is 76.2 Å². The van der Waals surface area contributed by atoms with Crippen LogP contribution in [-0.4, -0.2) is 26.0 Å². The van der Waals surface area contributed by atoms with E-state index >= 15 is 0 Å². The summed E-state index contributed by atoms with van der Waals surface area (Å²) in [5.41, 5.74) is 0.846. The number of halogens is 3. The topological polar surface area (TPSA) is 67.9 Å². The van der Waals surface area contributed by atoms with Crippen LogP contribution in [0.4, 0.5) is 11.4 Å². The lowest BCUT2D eigenvalue weighted by Crippen LogP contribution is -2.32. The molecule has 3 aromatic carbocycles. The van der Waals surface area contributed by atoms with E-state index < -0.39 is 11.8 Å². The number of nitrogens with one attached hydrogen (secondary N) is 1. The molecule has 0 bridgehead atoms. The molecule has 0 aliphatic carbocycles. The van der Waals surface area contributed by atoms with Crippen LogP contribution in [0.2, 0.25) is 15.1 Å². The maximum Gasteiger partial charge on any atom is 0.283 e. The van der Waals surface area contributed by atoms with E-state index in [1.807, 2.05) is 0 Å². The standard InChI is InChI=1S/C24H17Cl3N2O4S/c1-32-15-6-10-20(33-2)19(12-15)28-21-22(34-16-7-3-13(25)4-8-16)24(31)29(23(21)30)14-5-9-17(26)18(27)11-14/h3-12,28H,1-2H3. The second kappa shape index (κ2) is 10.2. The Balaban J connectivity index is 1.79. The monoisotopic (exact) mass is 534 g/mol. The van der Waals surface area contributed by atoms with Crippen molar-refractivity contribution in [3.8, 4) is 11.5 Å². The molecule has 1 heterocycles. The molecule has 0 fully saturated rings. The first-order valence-corrected chi connectivity index (χ1v) is 11.8. The molecule has 174 valence electrons. The van der Waals surface area contributed by atoms with Crippen LogP contribution < -0.4 is 19.7 Å². The third-order valence-electron chi connectivity index (χ3n) is 4.90. The van der Waals surface area contributed by atoms with Gasteiger partial charge in [-0.1, -0.05) is 46.6 Å². The van der Waals surface area contributed by atoms with Gasteiger partial charge in [0.2, 0.25) is 0 Å². The fourth-order valence-electron chi connectivity index (χ4n) is 3.24. The summed E-state index contributed by atoms with van der Waals surface area (Å²) >= 11 is 19.3. The van der Waals surface area contributed by atoms with E-state index in [0.29, 0.717) is 32.9 Å². The Kier molecular flexibility index (Phi) is 7.28. The van der Waals surface area contributed by atoms with Gasteiger partial charge >= 0.3 is 0 Å². The fourth-order valence-corrected chi connectivity index (χ4v) is 4.59. The predicted octanol–water partition coefficient (Wildman–Crippen LogP) is 6.65. The second-order valence-corrected chi connectivity index (χ2v) is 9.33. The van der Waals surface area contributed by atoms with Crippen molar-refractivity contribution < 1.29 is 19.1 Å². The first-order chi connectivity index (χ1) is 16.3. The number of hydrogen-bond acceptors (Lipinski definition) is 6. The number of hydrogen-bond donors (Lipinski definition) is 1. The molecule has 0 radical (unpaired) electrons. The molecular weight excluding hydrogens is 519 g/mol. The third kappa shape index (κ3) is 4.83. The number of imide groups is 1. The van der Waals surface area contributed by atoms with Gasteiger partial charge in [0.1, 0.15) is 22.1 Å². The van der Waals surface area contributed by atoms with Crippen LogP contribution in [0.3, 0.4) is 0 Å². The van der Waals surface area contributed by atoms with Gasteiger partial charge in [-0.3, -0.25) is 9.59 Å². The zero-order valence-corrected chi connectivity index (χ0v) is 21.0. The molecule has 0 saturated carbocycles. The molecule has 0 aromatic heterocycles. The van der Waals surface area contributed by atoms with Crippen molar-refractivity contribution in [3.05, 3.63) is 86.3 Å². The Morgan fingerprint density at radius 2 is 1.56 bits per heavy atom. The zero-order chi connectivity index (χ0) is 24.4. The number of rotatable bonds is 7.